The van der Waals surface area contributed by atoms with Crippen LogP contribution in [0.2, 0.25) is 0 Å². The first-order chi connectivity index (χ1) is 15.4. The molecule has 7 nitrogen and oxygen atoms in total. The van der Waals surface area contributed by atoms with E-state index in [-0.39, 0.29) is 17.9 Å². The third-order valence-electron chi connectivity index (χ3n) is 5.72. The average Bonchev–Trinajstić information content (AvgIpc) is 3.04. The van der Waals surface area contributed by atoms with E-state index in [0.717, 1.165) is 18.8 Å². The van der Waals surface area contributed by atoms with Crippen LogP contribution in [0.5, 0.6) is 11.5 Å². The molecule has 2 aromatic carbocycles. The molecule has 1 fully saturated rings. The van der Waals surface area contributed by atoms with Crippen LogP contribution in [-0.2, 0) is 9.59 Å². The summed E-state index contributed by atoms with van der Waals surface area (Å²) in [5, 5.41) is 0. The first-order valence-electron chi connectivity index (χ1n) is 10.9. The monoisotopic (exact) mass is 435 g/mol. The molecule has 168 valence electrons. The van der Waals surface area contributed by atoms with Gasteiger partial charge in [0.25, 0.3) is 11.8 Å². The van der Waals surface area contributed by atoms with Gasteiger partial charge in [0.2, 0.25) is 0 Å². The van der Waals surface area contributed by atoms with Crippen LogP contribution < -0.4 is 14.4 Å². The van der Waals surface area contributed by atoms with Gasteiger partial charge in [-0.3, -0.25) is 9.59 Å². The molecule has 0 bridgehead atoms. The summed E-state index contributed by atoms with van der Waals surface area (Å²) in [7, 11) is 3.59. The Morgan fingerprint density at radius 2 is 1.53 bits per heavy atom. The zero-order valence-corrected chi connectivity index (χ0v) is 19.0. The van der Waals surface area contributed by atoms with Crippen LogP contribution in [0.3, 0.4) is 0 Å². The van der Waals surface area contributed by atoms with Crippen molar-refractivity contribution in [3.63, 3.8) is 0 Å². The van der Waals surface area contributed by atoms with Gasteiger partial charge in [0.05, 0.1) is 24.5 Å². The van der Waals surface area contributed by atoms with Crippen molar-refractivity contribution in [1.82, 2.24) is 9.80 Å². The van der Waals surface area contributed by atoms with Crippen LogP contribution in [-0.4, -0.2) is 68.1 Å². The lowest BCUT2D eigenvalue weighted by Gasteiger charge is -2.34. The average molecular weight is 436 g/mol. The highest BCUT2D eigenvalue weighted by atomic mass is 16.5. The molecule has 2 aliphatic heterocycles. The van der Waals surface area contributed by atoms with Crippen molar-refractivity contribution in [1.29, 1.82) is 0 Å². The highest BCUT2D eigenvalue weighted by molar-refractivity contribution is 6.45. The van der Waals surface area contributed by atoms with Crippen molar-refractivity contribution in [3.8, 4) is 11.5 Å². The minimum absolute atomic E-state index is 0.0525. The fraction of sp³-hybridized carbons (Fsp3) is 0.360. The highest BCUT2D eigenvalue weighted by Gasteiger charge is 2.43. The van der Waals surface area contributed by atoms with E-state index in [1.165, 1.54) is 12.0 Å². The fourth-order valence-electron chi connectivity index (χ4n) is 4.11. The minimum atomic E-state index is -0.342. The number of anilines is 1. The Labute approximate surface area is 188 Å². The number of piperazine rings is 1. The summed E-state index contributed by atoms with van der Waals surface area (Å²) < 4.78 is 11.2. The number of para-hydroxylation sites is 2. The molecule has 0 spiro atoms. The fourth-order valence-corrected chi connectivity index (χ4v) is 4.11. The number of likely N-dealkylation sites (N-methyl/N-ethyl adjacent to an activating group) is 1. The van der Waals surface area contributed by atoms with Crippen LogP contribution in [0.4, 0.5) is 5.69 Å². The van der Waals surface area contributed by atoms with Gasteiger partial charge in [-0.1, -0.05) is 24.3 Å². The second-order valence-corrected chi connectivity index (χ2v) is 8.32. The predicted molar refractivity (Wildman–Crippen MR) is 124 cm³/mol. The lowest BCUT2D eigenvalue weighted by molar-refractivity contribution is -0.120. The van der Waals surface area contributed by atoms with Crippen LogP contribution in [0.1, 0.15) is 19.4 Å². The molecule has 2 amide bonds. The molecule has 1 saturated heterocycles. The number of amides is 2. The van der Waals surface area contributed by atoms with Gasteiger partial charge in [-0.05, 0) is 50.7 Å². The van der Waals surface area contributed by atoms with Crippen molar-refractivity contribution in [2.24, 2.45) is 0 Å². The Kier molecular flexibility index (Phi) is 6.19. The molecule has 0 aliphatic carbocycles. The standard InChI is InChI=1S/C25H29N3O4/c1-17(2)32-19-11-9-18(10-12-19)22-23(27-15-13-26(3)14-16-27)25(30)28(24(22)29)20-7-5-6-8-21(20)31-4/h5-12,17H,13-16H2,1-4H3. The van der Waals surface area contributed by atoms with Crippen molar-refractivity contribution in [3.05, 3.63) is 59.8 Å². The van der Waals surface area contributed by atoms with Crippen LogP contribution in [0.15, 0.2) is 54.2 Å². The Balaban J connectivity index is 1.78. The number of rotatable bonds is 6. The molecule has 0 saturated carbocycles. The molecule has 0 N–H and O–H groups in total. The number of methoxy groups -OCH3 is 1. The van der Waals surface area contributed by atoms with E-state index in [9.17, 15) is 9.59 Å². The zero-order chi connectivity index (χ0) is 22.8. The van der Waals surface area contributed by atoms with E-state index in [1.807, 2.05) is 49.1 Å². The van der Waals surface area contributed by atoms with Gasteiger partial charge in [0, 0.05) is 26.2 Å². The summed E-state index contributed by atoms with van der Waals surface area (Å²) in [5.41, 5.74) is 2.02. The van der Waals surface area contributed by atoms with E-state index in [2.05, 4.69) is 11.9 Å². The third-order valence-corrected chi connectivity index (χ3v) is 5.72. The van der Waals surface area contributed by atoms with Gasteiger partial charge in [0.15, 0.2) is 0 Å². The predicted octanol–water partition coefficient (Wildman–Crippen LogP) is 3.01. The topological polar surface area (TPSA) is 62.3 Å². The Morgan fingerprint density at radius 1 is 0.875 bits per heavy atom. The molecule has 0 atom stereocenters. The second kappa shape index (κ2) is 9.04. The van der Waals surface area contributed by atoms with Gasteiger partial charge in [-0.15, -0.1) is 0 Å². The van der Waals surface area contributed by atoms with Crippen LogP contribution in [0.25, 0.3) is 5.57 Å². The molecule has 0 radical (unpaired) electrons. The maximum Gasteiger partial charge on any atom is 0.282 e. The summed E-state index contributed by atoms with van der Waals surface area (Å²) in [4.78, 5) is 32.8. The van der Waals surface area contributed by atoms with E-state index >= 15 is 0 Å². The van der Waals surface area contributed by atoms with Gasteiger partial charge in [-0.2, -0.15) is 0 Å². The third kappa shape index (κ3) is 4.08. The molecular formula is C25H29N3O4. The summed E-state index contributed by atoms with van der Waals surface area (Å²) in [5.74, 6) is 0.547. The molecule has 2 heterocycles. The molecule has 4 rings (SSSR count). The molecule has 0 unspecified atom stereocenters. The van der Waals surface area contributed by atoms with Crippen LogP contribution >= 0.6 is 0 Å². The van der Waals surface area contributed by atoms with Gasteiger partial charge in [-0.25, -0.2) is 4.90 Å². The summed E-state index contributed by atoms with van der Waals surface area (Å²) in [6.07, 6.45) is 0.0525. The number of carbonyl (C=O) groups excluding carboxylic acids is 2. The summed E-state index contributed by atoms with van der Waals surface area (Å²) >= 11 is 0. The number of imide groups is 1. The maximum atomic E-state index is 13.7. The molecule has 32 heavy (non-hydrogen) atoms. The van der Waals surface area contributed by atoms with E-state index in [0.29, 0.717) is 41.4 Å². The number of carbonyl (C=O) groups is 2. The first-order valence-corrected chi connectivity index (χ1v) is 10.9. The van der Waals surface area contributed by atoms with E-state index < -0.39 is 0 Å². The highest BCUT2D eigenvalue weighted by Crippen LogP contribution is 2.39. The van der Waals surface area contributed by atoms with Gasteiger partial charge >= 0.3 is 0 Å². The van der Waals surface area contributed by atoms with Crippen LogP contribution in [0, 0.1) is 0 Å². The normalized spacial score (nSPS) is 17.5. The molecule has 7 heteroatoms. The summed E-state index contributed by atoms with van der Waals surface area (Å²) in [6.45, 7) is 6.95. The Hall–Kier alpha value is -3.32. The molecule has 2 aromatic rings. The molecular weight excluding hydrogens is 406 g/mol. The number of hydrogen-bond acceptors (Lipinski definition) is 6. The molecule has 2 aliphatic rings. The number of hydrogen-bond donors (Lipinski definition) is 0. The number of ether oxygens (including phenoxy) is 2. The quantitative estimate of drug-likeness (QED) is 0.650. The SMILES string of the molecule is COc1ccccc1N1C(=O)C(c2ccc(OC(C)C)cc2)=C(N2CCN(C)CC2)C1=O. The van der Waals surface area contributed by atoms with E-state index in [1.54, 1.807) is 18.2 Å². The smallest absolute Gasteiger partial charge is 0.282 e. The maximum absolute atomic E-state index is 13.7. The first kappa shape index (κ1) is 21.9. The zero-order valence-electron chi connectivity index (χ0n) is 19.0. The van der Waals surface area contributed by atoms with Crippen molar-refractivity contribution >= 4 is 23.1 Å². The van der Waals surface area contributed by atoms with E-state index in [4.69, 9.17) is 9.47 Å². The lowest BCUT2D eigenvalue weighted by Crippen LogP contribution is -2.46. The second-order valence-electron chi connectivity index (χ2n) is 8.32. The van der Waals surface area contributed by atoms with Crippen molar-refractivity contribution < 1.29 is 19.1 Å². The largest absolute Gasteiger partial charge is 0.495 e. The van der Waals surface area contributed by atoms with Crippen molar-refractivity contribution in [2.45, 2.75) is 20.0 Å². The Morgan fingerprint density at radius 3 is 2.16 bits per heavy atom. The number of nitrogens with zero attached hydrogens (tertiary/aromatic N) is 3. The minimum Gasteiger partial charge on any atom is -0.495 e. The lowest BCUT2D eigenvalue weighted by atomic mass is 10.0. The van der Waals surface area contributed by atoms with Gasteiger partial charge < -0.3 is 19.3 Å². The number of benzene rings is 2. The van der Waals surface area contributed by atoms with Crippen molar-refractivity contribution in [2.75, 3.05) is 45.2 Å². The Bertz CT molecular complexity index is 1040. The molecule has 0 aromatic heterocycles. The summed E-state index contributed by atoms with van der Waals surface area (Å²) in [6, 6.07) is 14.5. The van der Waals surface area contributed by atoms with Gasteiger partial charge in [0.1, 0.15) is 17.2 Å².